The van der Waals surface area contributed by atoms with Gasteiger partial charge in [-0.25, -0.2) is 0 Å². The standard InChI is InChI=1S/C10H18N2OS2/c1-7(9(11)14)6-12(2)10(13)8-4-3-5-15-8/h7-8H,3-6H2,1-2H3,(H2,11,14). The van der Waals surface area contributed by atoms with Gasteiger partial charge in [-0.3, -0.25) is 4.79 Å². The third-order valence-corrected chi connectivity index (χ3v) is 4.38. The lowest BCUT2D eigenvalue weighted by Crippen LogP contribution is -2.39. The first kappa shape index (κ1) is 12.8. The van der Waals surface area contributed by atoms with Crippen molar-refractivity contribution in [3.8, 4) is 0 Å². The highest BCUT2D eigenvalue weighted by Crippen LogP contribution is 2.27. The molecule has 1 rings (SSSR count). The molecule has 1 aliphatic rings. The molecule has 0 saturated carbocycles. The van der Waals surface area contributed by atoms with Crippen molar-refractivity contribution in [3.05, 3.63) is 0 Å². The molecule has 0 bridgehead atoms. The fourth-order valence-corrected chi connectivity index (χ4v) is 2.96. The van der Waals surface area contributed by atoms with E-state index in [1.807, 2.05) is 14.0 Å². The van der Waals surface area contributed by atoms with Crippen LogP contribution in [0.25, 0.3) is 0 Å². The Balaban J connectivity index is 2.41. The Hall–Kier alpha value is -0.290. The van der Waals surface area contributed by atoms with E-state index >= 15 is 0 Å². The zero-order valence-corrected chi connectivity index (χ0v) is 10.9. The molecule has 2 N–H and O–H groups in total. The highest BCUT2D eigenvalue weighted by atomic mass is 32.2. The van der Waals surface area contributed by atoms with Crippen LogP contribution in [0.15, 0.2) is 0 Å². The Morgan fingerprint density at radius 3 is 2.87 bits per heavy atom. The van der Waals surface area contributed by atoms with Gasteiger partial charge in [0.1, 0.15) is 0 Å². The van der Waals surface area contributed by atoms with Crippen molar-refractivity contribution in [1.29, 1.82) is 0 Å². The summed E-state index contributed by atoms with van der Waals surface area (Å²) in [5.41, 5.74) is 5.53. The summed E-state index contributed by atoms with van der Waals surface area (Å²) in [5.74, 6) is 1.43. The third-order valence-electron chi connectivity index (χ3n) is 2.61. The molecule has 1 aliphatic heterocycles. The molecule has 86 valence electrons. The first-order chi connectivity index (χ1) is 7.02. The van der Waals surface area contributed by atoms with Crippen LogP contribution >= 0.6 is 24.0 Å². The van der Waals surface area contributed by atoms with Gasteiger partial charge in [0.05, 0.1) is 10.2 Å². The van der Waals surface area contributed by atoms with Gasteiger partial charge in [-0.05, 0) is 18.6 Å². The van der Waals surface area contributed by atoms with Gasteiger partial charge in [-0.1, -0.05) is 19.1 Å². The van der Waals surface area contributed by atoms with Crippen LogP contribution in [0, 0.1) is 5.92 Å². The third kappa shape index (κ3) is 3.65. The normalized spacial score (nSPS) is 22.4. The topological polar surface area (TPSA) is 46.3 Å². The van der Waals surface area contributed by atoms with Gasteiger partial charge in [-0.2, -0.15) is 0 Å². The minimum atomic E-state index is 0.0975. The van der Waals surface area contributed by atoms with Crippen LogP contribution in [0.4, 0.5) is 0 Å². The monoisotopic (exact) mass is 246 g/mol. The second-order valence-corrected chi connectivity index (χ2v) is 5.81. The Kier molecular flexibility index (Phi) is 4.86. The van der Waals surface area contributed by atoms with Crippen LogP contribution in [0.1, 0.15) is 19.8 Å². The summed E-state index contributed by atoms with van der Waals surface area (Å²) >= 11 is 6.65. The SMILES string of the molecule is CC(CN(C)C(=O)C1CCCS1)C(N)=S. The summed E-state index contributed by atoms with van der Waals surface area (Å²) in [4.78, 5) is 14.2. The summed E-state index contributed by atoms with van der Waals surface area (Å²) in [6.07, 6.45) is 2.16. The van der Waals surface area contributed by atoms with Crippen LogP contribution in [0.3, 0.4) is 0 Å². The first-order valence-corrected chi connectivity index (χ1v) is 6.64. The van der Waals surface area contributed by atoms with Gasteiger partial charge in [0.15, 0.2) is 0 Å². The van der Waals surface area contributed by atoms with Gasteiger partial charge in [0.2, 0.25) is 5.91 Å². The zero-order chi connectivity index (χ0) is 11.4. The summed E-state index contributed by atoms with van der Waals surface area (Å²) in [6.45, 7) is 2.58. The first-order valence-electron chi connectivity index (χ1n) is 5.18. The molecule has 1 amide bonds. The van der Waals surface area contributed by atoms with E-state index in [-0.39, 0.29) is 17.1 Å². The van der Waals surface area contributed by atoms with E-state index in [2.05, 4.69) is 0 Å². The van der Waals surface area contributed by atoms with E-state index in [1.165, 1.54) is 0 Å². The second-order valence-electron chi connectivity index (χ2n) is 4.02. The highest BCUT2D eigenvalue weighted by Gasteiger charge is 2.26. The van der Waals surface area contributed by atoms with E-state index < -0.39 is 0 Å². The summed E-state index contributed by atoms with van der Waals surface area (Å²) in [6, 6.07) is 0. The number of thioether (sulfide) groups is 1. The van der Waals surface area contributed by atoms with E-state index in [0.717, 1.165) is 18.6 Å². The molecule has 0 aliphatic carbocycles. The quantitative estimate of drug-likeness (QED) is 0.759. The average molecular weight is 246 g/mol. The molecule has 1 saturated heterocycles. The molecule has 1 heterocycles. The summed E-state index contributed by atoms with van der Waals surface area (Å²) < 4.78 is 0. The maximum atomic E-state index is 11.9. The molecule has 5 heteroatoms. The molecule has 0 aromatic rings. The van der Waals surface area contributed by atoms with Gasteiger partial charge >= 0.3 is 0 Å². The average Bonchev–Trinajstić information content (AvgIpc) is 2.68. The number of hydrogen-bond donors (Lipinski definition) is 1. The van der Waals surface area contributed by atoms with Gasteiger partial charge in [0, 0.05) is 19.5 Å². The number of amides is 1. The van der Waals surface area contributed by atoms with E-state index in [0.29, 0.717) is 11.5 Å². The van der Waals surface area contributed by atoms with Crippen LogP contribution in [0.2, 0.25) is 0 Å². The predicted molar refractivity (Wildman–Crippen MR) is 69.1 cm³/mol. The fourth-order valence-electron chi connectivity index (χ4n) is 1.61. The second kappa shape index (κ2) is 5.70. The van der Waals surface area contributed by atoms with Crippen molar-refractivity contribution >= 4 is 34.9 Å². The Bertz CT molecular complexity index is 252. The van der Waals surface area contributed by atoms with E-state index in [9.17, 15) is 4.79 Å². The minimum absolute atomic E-state index is 0.0975. The van der Waals surface area contributed by atoms with E-state index in [1.54, 1.807) is 16.7 Å². The summed E-state index contributed by atoms with van der Waals surface area (Å²) in [5, 5.41) is 0.161. The van der Waals surface area contributed by atoms with Gasteiger partial charge in [-0.15, -0.1) is 11.8 Å². The predicted octanol–water partition coefficient (Wildman–Crippen LogP) is 1.26. The number of thiocarbonyl (C=S) groups is 1. The van der Waals surface area contributed by atoms with Crippen LogP contribution in [-0.4, -0.2) is 40.4 Å². The molecule has 1 fully saturated rings. The largest absolute Gasteiger partial charge is 0.393 e. The number of carbonyl (C=O) groups is 1. The number of nitrogens with two attached hydrogens (primary N) is 1. The number of rotatable bonds is 4. The number of nitrogens with zero attached hydrogens (tertiary/aromatic N) is 1. The fraction of sp³-hybridized carbons (Fsp3) is 0.800. The van der Waals surface area contributed by atoms with Crippen molar-refractivity contribution in [2.24, 2.45) is 11.7 Å². The molecule has 0 aromatic heterocycles. The minimum Gasteiger partial charge on any atom is -0.393 e. The van der Waals surface area contributed by atoms with Crippen LogP contribution in [0.5, 0.6) is 0 Å². The van der Waals surface area contributed by atoms with Gasteiger partial charge in [0.25, 0.3) is 0 Å². The Morgan fingerprint density at radius 1 is 1.73 bits per heavy atom. The molecule has 0 spiro atoms. The molecule has 15 heavy (non-hydrogen) atoms. The molecule has 0 radical (unpaired) electrons. The van der Waals surface area contributed by atoms with Crippen molar-refractivity contribution in [1.82, 2.24) is 4.90 Å². The molecular formula is C10H18N2OS2. The van der Waals surface area contributed by atoms with Crippen molar-refractivity contribution in [2.45, 2.75) is 25.0 Å². The van der Waals surface area contributed by atoms with Gasteiger partial charge < -0.3 is 10.6 Å². The van der Waals surface area contributed by atoms with E-state index in [4.69, 9.17) is 18.0 Å². The maximum Gasteiger partial charge on any atom is 0.235 e. The Morgan fingerprint density at radius 2 is 2.40 bits per heavy atom. The molecule has 2 unspecified atom stereocenters. The van der Waals surface area contributed by atoms with Crippen molar-refractivity contribution < 1.29 is 4.79 Å². The highest BCUT2D eigenvalue weighted by molar-refractivity contribution is 8.00. The summed E-state index contributed by atoms with van der Waals surface area (Å²) in [7, 11) is 1.83. The van der Waals surface area contributed by atoms with Crippen LogP contribution in [-0.2, 0) is 4.79 Å². The molecule has 2 atom stereocenters. The zero-order valence-electron chi connectivity index (χ0n) is 9.23. The Labute approximate surface area is 101 Å². The lowest BCUT2D eigenvalue weighted by molar-refractivity contribution is -0.129. The number of hydrogen-bond acceptors (Lipinski definition) is 3. The lowest BCUT2D eigenvalue weighted by atomic mass is 10.1. The maximum absolute atomic E-state index is 11.9. The molecule has 0 aromatic carbocycles. The van der Waals surface area contributed by atoms with Crippen molar-refractivity contribution in [3.63, 3.8) is 0 Å². The van der Waals surface area contributed by atoms with Crippen molar-refractivity contribution in [2.75, 3.05) is 19.3 Å². The smallest absolute Gasteiger partial charge is 0.235 e. The van der Waals surface area contributed by atoms with Crippen LogP contribution < -0.4 is 5.73 Å². The lowest BCUT2D eigenvalue weighted by Gasteiger charge is -2.23. The number of carbonyl (C=O) groups excluding carboxylic acids is 1. The molecule has 3 nitrogen and oxygen atoms in total. The molecular weight excluding hydrogens is 228 g/mol.